The summed E-state index contributed by atoms with van der Waals surface area (Å²) in [6.07, 6.45) is 0.439. The van der Waals surface area contributed by atoms with E-state index in [4.69, 9.17) is 4.74 Å². The van der Waals surface area contributed by atoms with E-state index in [0.717, 1.165) is 27.5 Å². The Bertz CT molecular complexity index is 991. The molecule has 30 heavy (non-hydrogen) atoms. The number of hydrogen-bond donors (Lipinski definition) is 2. The zero-order valence-electron chi connectivity index (χ0n) is 17.5. The first-order valence-corrected chi connectivity index (χ1v) is 10.2. The molecule has 0 aromatic heterocycles. The molecule has 0 unspecified atom stereocenters. The third-order valence-corrected chi connectivity index (χ3v) is 4.77. The van der Waals surface area contributed by atoms with Crippen LogP contribution in [0.4, 0.5) is 0 Å². The number of amides is 2. The Kier molecular flexibility index (Phi) is 7.57. The predicted molar refractivity (Wildman–Crippen MR) is 119 cm³/mol. The summed E-state index contributed by atoms with van der Waals surface area (Å²) < 4.78 is 5.58. The fourth-order valence-corrected chi connectivity index (χ4v) is 3.14. The molecular weight excluding hydrogens is 376 g/mol. The predicted octanol–water partition coefficient (Wildman–Crippen LogP) is 3.74. The Balaban J connectivity index is 1.42. The Hall–Kier alpha value is -3.18. The molecule has 3 aromatic carbocycles. The number of carbonyl (C=O) groups is 2. The van der Waals surface area contributed by atoms with Crippen LogP contribution < -0.4 is 10.6 Å². The molecule has 2 amide bonds. The van der Waals surface area contributed by atoms with E-state index >= 15 is 0 Å². The summed E-state index contributed by atoms with van der Waals surface area (Å²) in [6, 6.07) is 21.8. The minimum Gasteiger partial charge on any atom is -0.374 e. The molecule has 0 bridgehead atoms. The maximum absolute atomic E-state index is 12.3. The fraction of sp³-hybridized carbons (Fsp3) is 0.280. The van der Waals surface area contributed by atoms with Gasteiger partial charge in [0.15, 0.2) is 0 Å². The summed E-state index contributed by atoms with van der Waals surface area (Å²) in [6.45, 7) is 4.97. The first kappa shape index (κ1) is 21.5. The van der Waals surface area contributed by atoms with Crippen molar-refractivity contribution in [2.24, 2.45) is 0 Å². The van der Waals surface area contributed by atoms with Gasteiger partial charge in [-0.3, -0.25) is 9.59 Å². The van der Waals surface area contributed by atoms with Gasteiger partial charge in [0.05, 0.1) is 25.7 Å². The second-order valence-electron chi connectivity index (χ2n) is 7.54. The van der Waals surface area contributed by atoms with E-state index in [1.165, 1.54) is 0 Å². The van der Waals surface area contributed by atoms with E-state index in [9.17, 15) is 9.59 Å². The van der Waals surface area contributed by atoms with E-state index in [2.05, 4.69) is 10.6 Å². The zero-order chi connectivity index (χ0) is 21.3. The first-order valence-electron chi connectivity index (χ1n) is 10.2. The van der Waals surface area contributed by atoms with Gasteiger partial charge in [0.1, 0.15) is 0 Å². The van der Waals surface area contributed by atoms with Gasteiger partial charge in [-0.15, -0.1) is 0 Å². The highest BCUT2D eigenvalue weighted by atomic mass is 16.5. The third-order valence-electron chi connectivity index (χ3n) is 4.77. The molecule has 0 aliphatic rings. The number of ether oxygens (including phenoxy) is 1. The van der Waals surface area contributed by atoms with Crippen LogP contribution in [-0.4, -0.2) is 24.5 Å². The highest BCUT2D eigenvalue weighted by Crippen LogP contribution is 2.18. The summed E-state index contributed by atoms with van der Waals surface area (Å²) in [7, 11) is 0. The van der Waals surface area contributed by atoms with Crippen molar-refractivity contribution in [2.75, 3.05) is 6.54 Å². The van der Waals surface area contributed by atoms with Gasteiger partial charge in [-0.25, -0.2) is 0 Å². The maximum Gasteiger partial charge on any atom is 0.239 e. The largest absolute Gasteiger partial charge is 0.374 e. The Morgan fingerprint density at radius 3 is 2.30 bits per heavy atom. The van der Waals surface area contributed by atoms with Crippen molar-refractivity contribution < 1.29 is 14.3 Å². The van der Waals surface area contributed by atoms with E-state index in [1.54, 1.807) is 0 Å². The number of hydrogen-bond acceptors (Lipinski definition) is 3. The minimum atomic E-state index is -0.214. The van der Waals surface area contributed by atoms with Crippen molar-refractivity contribution in [3.05, 3.63) is 83.4 Å². The van der Waals surface area contributed by atoms with Crippen molar-refractivity contribution in [3.63, 3.8) is 0 Å². The second-order valence-corrected chi connectivity index (χ2v) is 7.54. The van der Waals surface area contributed by atoms with Crippen LogP contribution in [0.1, 0.15) is 30.5 Å². The highest BCUT2D eigenvalue weighted by molar-refractivity contribution is 5.91. The Labute approximate surface area is 177 Å². The summed E-state index contributed by atoms with van der Waals surface area (Å²) in [5, 5.41) is 7.69. The average molecular weight is 405 g/mol. The number of benzene rings is 3. The van der Waals surface area contributed by atoms with E-state index in [-0.39, 0.29) is 30.9 Å². The molecule has 0 aliphatic carbocycles. The monoisotopic (exact) mass is 404 g/mol. The maximum atomic E-state index is 12.3. The number of fused-ring (bicyclic) bond motifs is 1. The van der Waals surface area contributed by atoms with Gasteiger partial charge in [0, 0.05) is 6.54 Å². The first-order chi connectivity index (χ1) is 14.5. The van der Waals surface area contributed by atoms with Crippen LogP contribution >= 0.6 is 0 Å². The number of nitrogens with one attached hydrogen (secondary N) is 2. The minimum absolute atomic E-state index is 0.0378. The van der Waals surface area contributed by atoms with Crippen LogP contribution in [0.5, 0.6) is 0 Å². The summed E-state index contributed by atoms with van der Waals surface area (Å²) in [4.78, 5) is 24.4. The smallest absolute Gasteiger partial charge is 0.239 e. The van der Waals surface area contributed by atoms with Crippen LogP contribution in [0.3, 0.4) is 0 Å². The van der Waals surface area contributed by atoms with Crippen LogP contribution in [-0.2, 0) is 33.9 Å². The molecule has 156 valence electrons. The van der Waals surface area contributed by atoms with Crippen molar-refractivity contribution >= 4 is 22.6 Å². The van der Waals surface area contributed by atoms with E-state index in [0.29, 0.717) is 13.2 Å². The quantitative estimate of drug-likeness (QED) is 0.571. The lowest BCUT2D eigenvalue weighted by Crippen LogP contribution is -2.37. The molecule has 0 saturated heterocycles. The molecule has 0 heterocycles. The molecular formula is C25H28N2O3. The summed E-state index contributed by atoms with van der Waals surface area (Å²) >= 11 is 0. The Morgan fingerprint density at radius 1 is 0.833 bits per heavy atom. The zero-order valence-corrected chi connectivity index (χ0v) is 17.5. The lowest BCUT2D eigenvalue weighted by Gasteiger charge is -2.10. The molecule has 2 N–H and O–H groups in total. The third kappa shape index (κ3) is 6.42. The van der Waals surface area contributed by atoms with Gasteiger partial charge < -0.3 is 15.4 Å². The molecule has 5 heteroatoms. The van der Waals surface area contributed by atoms with Crippen molar-refractivity contribution in [1.82, 2.24) is 10.6 Å². The van der Waals surface area contributed by atoms with Crippen LogP contribution in [0, 0.1) is 0 Å². The summed E-state index contributed by atoms with van der Waals surface area (Å²) in [5.41, 5.74) is 3.05. The van der Waals surface area contributed by atoms with E-state index in [1.807, 2.05) is 80.6 Å². The molecule has 0 fully saturated rings. The van der Waals surface area contributed by atoms with Gasteiger partial charge in [-0.1, -0.05) is 66.7 Å². The average Bonchev–Trinajstić information content (AvgIpc) is 2.76. The van der Waals surface area contributed by atoms with Gasteiger partial charge in [-0.2, -0.15) is 0 Å². The van der Waals surface area contributed by atoms with Gasteiger partial charge >= 0.3 is 0 Å². The number of carbonyl (C=O) groups excluding carboxylic acids is 2. The van der Waals surface area contributed by atoms with E-state index < -0.39 is 0 Å². The van der Waals surface area contributed by atoms with Crippen molar-refractivity contribution in [1.29, 1.82) is 0 Å². The normalized spacial score (nSPS) is 10.9. The van der Waals surface area contributed by atoms with Gasteiger partial charge in [-0.05, 0) is 41.3 Å². The molecule has 3 aromatic rings. The van der Waals surface area contributed by atoms with Crippen molar-refractivity contribution in [2.45, 2.75) is 39.5 Å². The SMILES string of the molecule is CC(C)OCc1ccc(CNC(=O)CNC(=O)Cc2cccc3ccccc23)cc1. The number of rotatable bonds is 9. The fourth-order valence-electron chi connectivity index (χ4n) is 3.14. The lowest BCUT2D eigenvalue weighted by molar-refractivity contribution is -0.125. The van der Waals surface area contributed by atoms with Gasteiger partial charge in [0.25, 0.3) is 0 Å². The molecule has 0 spiro atoms. The highest BCUT2D eigenvalue weighted by Gasteiger charge is 2.09. The topological polar surface area (TPSA) is 67.4 Å². The molecule has 0 aliphatic heterocycles. The lowest BCUT2D eigenvalue weighted by atomic mass is 10.0. The van der Waals surface area contributed by atoms with Crippen molar-refractivity contribution in [3.8, 4) is 0 Å². The molecule has 3 rings (SSSR count). The molecule has 0 saturated carbocycles. The van der Waals surface area contributed by atoms with Crippen LogP contribution in [0.25, 0.3) is 10.8 Å². The molecule has 0 radical (unpaired) electrons. The summed E-state index contributed by atoms with van der Waals surface area (Å²) in [5.74, 6) is -0.385. The standard InChI is InChI=1S/C25H28N2O3/c1-18(2)30-17-20-12-10-19(11-13-20)15-26-25(29)16-27-24(28)14-22-8-5-7-21-6-3-4-9-23(21)22/h3-13,18H,14-17H2,1-2H3,(H,26,29)(H,27,28). The van der Waals surface area contributed by atoms with Gasteiger partial charge in [0.2, 0.25) is 11.8 Å². The molecule has 5 nitrogen and oxygen atoms in total. The second kappa shape index (κ2) is 10.6. The van der Waals surface area contributed by atoms with Crippen LogP contribution in [0.2, 0.25) is 0 Å². The molecule has 0 atom stereocenters. The Morgan fingerprint density at radius 2 is 1.53 bits per heavy atom. The van der Waals surface area contributed by atoms with Crippen LogP contribution in [0.15, 0.2) is 66.7 Å².